The van der Waals surface area contributed by atoms with Gasteiger partial charge in [-0.25, -0.2) is 0 Å². The summed E-state index contributed by atoms with van der Waals surface area (Å²) in [4.78, 5) is 15.2. The second kappa shape index (κ2) is 12.0. The van der Waals surface area contributed by atoms with E-state index in [0.29, 0.717) is 0 Å². The Morgan fingerprint density at radius 1 is 1.15 bits per heavy atom. The lowest BCUT2D eigenvalue weighted by molar-refractivity contribution is -0.0878. The Labute approximate surface area is 195 Å². The molecule has 0 aliphatic heterocycles. The summed E-state index contributed by atoms with van der Waals surface area (Å²) in [6.07, 6.45) is 2.11. The van der Waals surface area contributed by atoms with Crippen LogP contribution >= 0.6 is 11.3 Å². The van der Waals surface area contributed by atoms with Crippen molar-refractivity contribution < 1.29 is 18.0 Å². The summed E-state index contributed by atoms with van der Waals surface area (Å²) in [7, 11) is 3.51. The van der Waals surface area contributed by atoms with Crippen molar-refractivity contribution >= 4 is 17.2 Å². The van der Waals surface area contributed by atoms with E-state index in [1.54, 1.807) is 31.1 Å². The first-order chi connectivity index (χ1) is 15.6. The maximum atomic E-state index is 11.9. The molecule has 0 fully saturated rings. The van der Waals surface area contributed by atoms with Gasteiger partial charge in [0.25, 0.3) is 5.91 Å². The number of alkyl halides is 3. The summed E-state index contributed by atoms with van der Waals surface area (Å²) in [6, 6.07) is 15.8. The molecule has 0 unspecified atom stereocenters. The summed E-state index contributed by atoms with van der Waals surface area (Å²) in [5, 5.41) is 7.38. The minimum absolute atomic E-state index is 0.0223. The van der Waals surface area contributed by atoms with Crippen LogP contribution in [0, 0.1) is 0 Å². The van der Waals surface area contributed by atoms with Gasteiger partial charge in [0.15, 0.2) is 0 Å². The largest absolute Gasteiger partial charge is 0.415 e. The van der Waals surface area contributed by atoms with Crippen LogP contribution in [0.2, 0.25) is 0 Å². The van der Waals surface area contributed by atoms with E-state index in [-0.39, 0.29) is 5.91 Å². The van der Waals surface area contributed by atoms with Gasteiger partial charge in [-0.3, -0.25) is 9.89 Å². The van der Waals surface area contributed by atoms with Crippen LogP contribution in [0.15, 0.2) is 85.0 Å². The number of allylic oxidation sites excluding steroid dienone is 5. The predicted molar refractivity (Wildman–Crippen MR) is 129 cm³/mol. The van der Waals surface area contributed by atoms with Crippen LogP contribution in [0.4, 0.5) is 13.2 Å². The fourth-order valence-electron chi connectivity index (χ4n) is 2.50. The SMILES string of the molecule is C=C(/C=C\C=C/CC)C(F)(F)F.CN(C)C(=O)c1ccc(-c2cc(-c3ccccc3)n[nH]2)s1. The van der Waals surface area contributed by atoms with E-state index in [1.807, 2.05) is 55.5 Å². The molecule has 33 heavy (non-hydrogen) atoms. The highest BCUT2D eigenvalue weighted by atomic mass is 32.1. The molecule has 2 heterocycles. The lowest BCUT2D eigenvalue weighted by Crippen LogP contribution is -2.20. The van der Waals surface area contributed by atoms with Crippen LogP contribution in [0.3, 0.4) is 0 Å². The van der Waals surface area contributed by atoms with Crippen molar-refractivity contribution in [1.82, 2.24) is 15.1 Å². The molecular weight excluding hydrogens is 447 g/mol. The zero-order valence-electron chi connectivity index (χ0n) is 18.7. The number of benzene rings is 1. The number of hydrogen-bond acceptors (Lipinski definition) is 3. The number of rotatable bonds is 6. The molecule has 0 radical (unpaired) electrons. The van der Waals surface area contributed by atoms with E-state index in [2.05, 4.69) is 16.8 Å². The average Bonchev–Trinajstić information content (AvgIpc) is 3.46. The zero-order valence-corrected chi connectivity index (χ0v) is 19.5. The fourth-order valence-corrected chi connectivity index (χ4v) is 3.50. The molecule has 1 aromatic carbocycles. The van der Waals surface area contributed by atoms with Gasteiger partial charge in [0.05, 0.1) is 21.1 Å². The molecule has 0 saturated heterocycles. The molecular formula is C25H26F3N3OS. The number of nitrogens with zero attached hydrogens (tertiary/aromatic N) is 2. The van der Waals surface area contributed by atoms with Crippen molar-refractivity contribution in [2.45, 2.75) is 19.5 Å². The minimum Gasteiger partial charge on any atom is -0.344 e. The highest BCUT2D eigenvalue weighted by molar-refractivity contribution is 7.17. The van der Waals surface area contributed by atoms with E-state index in [0.717, 1.165) is 39.2 Å². The summed E-state index contributed by atoms with van der Waals surface area (Å²) in [5.41, 5.74) is 2.07. The van der Waals surface area contributed by atoms with E-state index in [9.17, 15) is 18.0 Å². The first kappa shape index (κ1) is 25.9. The van der Waals surface area contributed by atoms with E-state index >= 15 is 0 Å². The number of H-pyrrole nitrogens is 1. The van der Waals surface area contributed by atoms with Crippen LogP contribution in [0.25, 0.3) is 21.8 Å². The van der Waals surface area contributed by atoms with Gasteiger partial charge >= 0.3 is 6.18 Å². The second-order valence-electron chi connectivity index (χ2n) is 7.11. The lowest BCUT2D eigenvalue weighted by atomic mass is 10.1. The van der Waals surface area contributed by atoms with Gasteiger partial charge in [-0.15, -0.1) is 11.3 Å². The maximum Gasteiger partial charge on any atom is 0.415 e. The van der Waals surface area contributed by atoms with Gasteiger partial charge < -0.3 is 4.90 Å². The lowest BCUT2D eigenvalue weighted by Gasteiger charge is -2.06. The molecule has 2 aromatic heterocycles. The van der Waals surface area contributed by atoms with Crippen LogP contribution < -0.4 is 0 Å². The zero-order chi connectivity index (χ0) is 24.4. The highest BCUT2D eigenvalue weighted by Crippen LogP contribution is 2.30. The van der Waals surface area contributed by atoms with Crippen molar-refractivity contribution in [3.63, 3.8) is 0 Å². The van der Waals surface area contributed by atoms with Crippen molar-refractivity contribution in [2.75, 3.05) is 14.1 Å². The minimum atomic E-state index is -4.31. The molecule has 0 saturated carbocycles. The Hall–Kier alpha value is -3.39. The van der Waals surface area contributed by atoms with Gasteiger partial charge in [0.2, 0.25) is 0 Å². The molecule has 0 atom stereocenters. The molecule has 4 nitrogen and oxygen atoms in total. The Kier molecular flexibility index (Phi) is 9.42. The maximum absolute atomic E-state index is 11.9. The molecule has 1 amide bonds. The van der Waals surface area contributed by atoms with Gasteiger partial charge in [-0.2, -0.15) is 18.3 Å². The van der Waals surface area contributed by atoms with Gasteiger partial charge in [-0.1, -0.05) is 68.1 Å². The quantitative estimate of drug-likeness (QED) is 0.387. The Morgan fingerprint density at radius 3 is 2.45 bits per heavy atom. The number of thiophene rings is 1. The second-order valence-corrected chi connectivity index (χ2v) is 8.20. The fraction of sp³-hybridized carbons (Fsp3) is 0.200. The number of aromatic amines is 1. The third-order valence-electron chi connectivity index (χ3n) is 4.28. The summed E-state index contributed by atoms with van der Waals surface area (Å²) < 4.78 is 35.4. The monoisotopic (exact) mass is 473 g/mol. The number of carbonyl (C=O) groups is 1. The van der Waals surface area contributed by atoms with E-state index in [1.165, 1.54) is 17.4 Å². The molecule has 3 rings (SSSR count). The van der Waals surface area contributed by atoms with Gasteiger partial charge in [0.1, 0.15) is 0 Å². The van der Waals surface area contributed by atoms with Crippen LogP contribution in [-0.2, 0) is 0 Å². The standard InChI is InChI=1S/C16H15N3OS.C9H11F3/c1-19(2)16(20)15-9-8-14(21-15)13-10-12(17-18-13)11-6-4-3-5-7-11;1-3-4-5-6-7-8(2)9(10,11)12/h3-10H,1-2H3,(H,17,18);4-7H,2-3H2,1H3/b;5-4-,7-6-. The Morgan fingerprint density at radius 2 is 1.85 bits per heavy atom. The van der Waals surface area contributed by atoms with Crippen LogP contribution in [0.1, 0.15) is 23.0 Å². The normalized spacial score (nSPS) is 11.5. The molecule has 0 spiro atoms. The van der Waals surface area contributed by atoms with Crippen LogP contribution in [0.5, 0.6) is 0 Å². The number of nitrogens with one attached hydrogen (secondary N) is 1. The van der Waals surface area contributed by atoms with Crippen LogP contribution in [-0.4, -0.2) is 41.3 Å². The van der Waals surface area contributed by atoms with Crippen molar-refractivity contribution in [2.24, 2.45) is 0 Å². The smallest absolute Gasteiger partial charge is 0.344 e. The summed E-state index contributed by atoms with van der Waals surface area (Å²) in [5.74, 6) is 0.0223. The molecule has 174 valence electrons. The molecule has 0 aliphatic rings. The van der Waals surface area contributed by atoms with Crippen molar-refractivity contribution in [3.8, 4) is 21.8 Å². The van der Waals surface area contributed by atoms with Gasteiger partial charge in [0, 0.05) is 25.2 Å². The number of aromatic nitrogens is 2. The number of hydrogen-bond donors (Lipinski definition) is 1. The third-order valence-corrected chi connectivity index (χ3v) is 5.39. The Balaban J connectivity index is 0.000000277. The molecule has 0 aliphatic carbocycles. The first-order valence-corrected chi connectivity index (χ1v) is 11.0. The molecule has 0 bridgehead atoms. The Bertz CT molecular complexity index is 1110. The number of halogens is 3. The molecule has 1 N–H and O–H groups in total. The van der Waals surface area contributed by atoms with Gasteiger partial charge in [-0.05, 0) is 24.6 Å². The molecule has 3 aromatic rings. The predicted octanol–water partition coefficient (Wildman–Crippen LogP) is 7.13. The van der Waals surface area contributed by atoms with E-state index < -0.39 is 11.7 Å². The topological polar surface area (TPSA) is 49.0 Å². The number of carbonyl (C=O) groups excluding carboxylic acids is 1. The average molecular weight is 474 g/mol. The van der Waals surface area contributed by atoms with Crippen molar-refractivity contribution in [3.05, 3.63) is 89.9 Å². The van der Waals surface area contributed by atoms with E-state index in [4.69, 9.17) is 0 Å². The summed E-state index contributed by atoms with van der Waals surface area (Å²) in [6.45, 7) is 4.78. The number of amides is 1. The summed E-state index contributed by atoms with van der Waals surface area (Å²) >= 11 is 1.47. The molecule has 8 heteroatoms. The van der Waals surface area contributed by atoms with Crippen molar-refractivity contribution in [1.29, 1.82) is 0 Å². The highest BCUT2D eigenvalue weighted by Gasteiger charge is 2.29. The first-order valence-electron chi connectivity index (χ1n) is 10.2. The third kappa shape index (κ3) is 7.91.